The number of thioether (sulfide) groups is 1. The first-order valence-corrected chi connectivity index (χ1v) is 10.3. The van der Waals surface area contributed by atoms with Gasteiger partial charge in [-0.15, -0.1) is 0 Å². The van der Waals surface area contributed by atoms with E-state index in [1.807, 2.05) is 6.92 Å². The fraction of sp³-hybridized carbons (Fsp3) is 0.111. The Labute approximate surface area is 179 Å². The van der Waals surface area contributed by atoms with Gasteiger partial charge in [-0.05, 0) is 65.3 Å². The number of hydrogen-bond acceptors (Lipinski definition) is 4. The smallest absolute Gasteiger partial charge is 0.270 e. The molecule has 1 saturated heterocycles. The molecule has 1 aliphatic heterocycles. The number of carbonyl (C=O) groups is 1. The lowest BCUT2D eigenvalue weighted by atomic mass is 10.1. The van der Waals surface area contributed by atoms with Crippen LogP contribution in [0.3, 0.4) is 0 Å². The molecule has 0 radical (unpaired) electrons. The van der Waals surface area contributed by atoms with Gasteiger partial charge in [0.15, 0.2) is 4.32 Å². The van der Waals surface area contributed by atoms with Gasteiger partial charge in [0.05, 0.1) is 22.2 Å². The summed E-state index contributed by atoms with van der Waals surface area (Å²) in [5.41, 5.74) is 1.36. The van der Waals surface area contributed by atoms with Crippen molar-refractivity contribution in [1.82, 2.24) is 0 Å². The van der Waals surface area contributed by atoms with Crippen molar-refractivity contribution >= 4 is 85.1 Å². The lowest BCUT2D eigenvalue weighted by molar-refractivity contribution is -0.113. The molecule has 2 aromatic rings. The van der Waals surface area contributed by atoms with Crippen LogP contribution in [0.5, 0.6) is 5.75 Å². The van der Waals surface area contributed by atoms with E-state index in [9.17, 15) is 4.79 Å². The van der Waals surface area contributed by atoms with Gasteiger partial charge >= 0.3 is 0 Å². The number of nitrogens with zero attached hydrogens (tertiary/aromatic N) is 1. The lowest BCUT2D eigenvalue weighted by Gasteiger charge is -2.15. The zero-order chi connectivity index (χ0) is 18.8. The van der Waals surface area contributed by atoms with Gasteiger partial charge < -0.3 is 4.74 Å². The van der Waals surface area contributed by atoms with Crippen molar-refractivity contribution in [2.75, 3.05) is 11.5 Å². The van der Waals surface area contributed by atoms with Gasteiger partial charge in [0, 0.05) is 15.1 Å². The molecule has 0 N–H and O–H groups in total. The Hall–Kier alpha value is -1.05. The highest BCUT2D eigenvalue weighted by Crippen LogP contribution is 2.39. The fourth-order valence-corrected chi connectivity index (χ4v) is 4.27. The third kappa shape index (κ3) is 4.10. The van der Waals surface area contributed by atoms with E-state index in [1.165, 1.54) is 16.7 Å². The maximum atomic E-state index is 12.9. The average molecular weight is 489 g/mol. The molecule has 8 heteroatoms. The first-order valence-electron chi connectivity index (χ1n) is 7.56. The van der Waals surface area contributed by atoms with E-state index in [2.05, 4.69) is 15.9 Å². The molecule has 0 aromatic heterocycles. The predicted octanol–water partition coefficient (Wildman–Crippen LogP) is 6.56. The van der Waals surface area contributed by atoms with Gasteiger partial charge in [0.25, 0.3) is 5.91 Å². The second-order valence-corrected chi connectivity index (χ2v) is 8.60. The van der Waals surface area contributed by atoms with Crippen LogP contribution in [0.15, 0.2) is 45.8 Å². The number of anilines is 1. The summed E-state index contributed by atoms with van der Waals surface area (Å²) < 4.78 is 6.81. The number of hydrogen-bond donors (Lipinski definition) is 0. The van der Waals surface area contributed by atoms with E-state index in [4.69, 9.17) is 40.2 Å². The van der Waals surface area contributed by atoms with Crippen molar-refractivity contribution in [3.63, 3.8) is 0 Å². The Morgan fingerprint density at radius 3 is 2.73 bits per heavy atom. The maximum Gasteiger partial charge on any atom is 0.270 e. The SMILES string of the molecule is CCOc1ccc(Cl)cc1/C=C1/SC(=S)N(c2ccc(Br)c(Cl)c2)C1=O. The number of carbonyl (C=O) groups excluding carboxylic acids is 1. The minimum Gasteiger partial charge on any atom is -0.493 e. The van der Waals surface area contributed by atoms with Crippen LogP contribution >= 0.6 is 63.1 Å². The molecule has 3 nitrogen and oxygen atoms in total. The number of ether oxygens (including phenoxy) is 1. The van der Waals surface area contributed by atoms with Crippen LogP contribution in [0.1, 0.15) is 12.5 Å². The summed E-state index contributed by atoms with van der Waals surface area (Å²) in [4.78, 5) is 14.9. The monoisotopic (exact) mass is 487 g/mol. The van der Waals surface area contributed by atoms with Gasteiger partial charge in [0.2, 0.25) is 0 Å². The minimum atomic E-state index is -0.208. The first-order chi connectivity index (χ1) is 12.4. The van der Waals surface area contributed by atoms with Gasteiger partial charge in [-0.25, -0.2) is 0 Å². The third-order valence-corrected chi connectivity index (χ3v) is 6.28. The molecular weight excluding hydrogens is 477 g/mol. The molecule has 0 unspecified atom stereocenters. The van der Waals surface area contributed by atoms with Gasteiger partial charge in [-0.2, -0.15) is 0 Å². The Bertz CT molecular complexity index is 933. The fourth-order valence-electron chi connectivity index (χ4n) is 2.37. The van der Waals surface area contributed by atoms with E-state index in [0.717, 1.165) is 10.0 Å². The molecule has 1 amide bonds. The van der Waals surface area contributed by atoms with Gasteiger partial charge in [0.1, 0.15) is 5.75 Å². The number of halogens is 3. The zero-order valence-corrected chi connectivity index (χ0v) is 18.2. The van der Waals surface area contributed by atoms with Crippen LogP contribution < -0.4 is 9.64 Å². The van der Waals surface area contributed by atoms with Crippen molar-refractivity contribution in [3.8, 4) is 5.75 Å². The molecule has 26 heavy (non-hydrogen) atoms. The Morgan fingerprint density at radius 2 is 2.04 bits per heavy atom. The number of rotatable bonds is 4. The van der Waals surface area contributed by atoms with Crippen LogP contribution in [-0.2, 0) is 4.79 Å². The van der Waals surface area contributed by atoms with Crippen molar-refractivity contribution in [1.29, 1.82) is 0 Å². The summed E-state index contributed by atoms with van der Waals surface area (Å²) in [5.74, 6) is 0.453. The lowest BCUT2D eigenvalue weighted by Crippen LogP contribution is -2.27. The summed E-state index contributed by atoms with van der Waals surface area (Å²) in [6, 6.07) is 10.6. The molecule has 3 rings (SSSR count). The standard InChI is InChI=1S/C18H12BrCl2NO2S2/c1-2-24-15-6-3-11(20)7-10(15)8-16-17(23)22(18(25)26-16)12-4-5-13(19)14(21)9-12/h3-9H,2H2,1H3/b16-8+. The van der Waals surface area contributed by atoms with E-state index >= 15 is 0 Å². The molecule has 1 heterocycles. The Balaban J connectivity index is 1.97. The Morgan fingerprint density at radius 1 is 1.27 bits per heavy atom. The van der Waals surface area contributed by atoms with Crippen molar-refractivity contribution < 1.29 is 9.53 Å². The van der Waals surface area contributed by atoms with Crippen LogP contribution in [0.2, 0.25) is 10.0 Å². The highest BCUT2D eigenvalue weighted by molar-refractivity contribution is 9.10. The highest BCUT2D eigenvalue weighted by atomic mass is 79.9. The maximum absolute atomic E-state index is 12.9. The van der Waals surface area contributed by atoms with Gasteiger partial charge in [-0.3, -0.25) is 9.69 Å². The molecule has 0 atom stereocenters. The summed E-state index contributed by atoms with van der Waals surface area (Å²) in [7, 11) is 0. The minimum absolute atomic E-state index is 0.208. The van der Waals surface area contributed by atoms with E-state index in [1.54, 1.807) is 42.5 Å². The van der Waals surface area contributed by atoms with E-state index < -0.39 is 0 Å². The summed E-state index contributed by atoms with van der Waals surface area (Å²) in [5, 5.41) is 1.07. The average Bonchev–Trinajstić information content (AvgIpc) is 2.87. The van der Waals surface area contributed by atoms with E-state index in [0.29, 0.717) is 37.3 Å². The quantitative estimate of drug-likeness (QED) is 0.360. The summed E-state index contributed by atoms with van der Waals surface area (Å²) in [6.45, 7) is 2.41. The normalized spacial score (nSPS) is 15.8. The summed E-state index contributed by atoms with van der Waals surface area (Å²) in [6.07, 6.45) is 1.75. The second kappa shape index (κ2) is 8.31. The van der Waals surface area contributed by atoms with Crippen molar-refractivity contribution in [2.45, 2.75) is 6.92 Å². The topological polar surface area (TPSA) is 29.5 Å². The van der Waals surface area contributed by atoms with Crippen LogP contribution in [-0.4, -0.2) is 16.8 Å². The largest absolute Gasteiger partial charge is 0.493 e. The van der Waals surface area contributed by atoms with Crippen LogP contribution in [0.25, 0.3) is 6.08 Å². The molecular formula is C18H12BrCl2NO2S2. The van der Waals surface area contributed by atoms with Crippen molar-refractivity contribution in [3.05, 3.63) is 61.4 Å². The van der Waals surface area contributed by atoms with Crippen molar-refractivity contribution in [2.24, 2.45) is 0 Å². The van der Waals surface area contributed by atoms with Crippen LogP contribution in [0.4, 0.5) is 5.69 Å². The molecule has 1 fully saturated rings. The number of thiocarbonyl (C=S) groups is 1. The Kier molecular flexibility index (Phi) is 6.30. The van der Waals surface area contributed by atoms with Crippen LogP contribution in [0, 0.1) is 0 Å². The number of amides is 1. The first kappa shape index (κ1) is 19.7. The number of benzene rings is 2. The summed E-state index contributed by atoms with van der Waals surface area (Å²) >= 11 is 22.2. The molecule has 0 aliphatic carbocycles. The highest BCUT2D eigenvalue weighted by Gasteiger charge is 2.33. The third-order valence-electron chi connectivity index (χ3n) is 3.51. The van der Waals surface area contributed by atoms with Gasteiger partial charge in [-0.1, -0.05) is 47.2 Å². The molecule has 0 bridgehead atoms. The molecule has 0 saturated carbocycles. The zero-order valence-electron chi connectivity index (χ0n) is 13.5. The molecule has 1 aliphatic rings. The molecule has 134 valence electrons. The molecule has 0 spiro atoms. The predicted molar refractivity (Wildman–Crippen MR) is 117 cm³/mol. The van der Waals surface area contributed by atoms with E-state index in [-0.39, 0.29) is 5.91 Å². The molecule has 2 aromatic carbocycles. The second-order valence-electron chi connectivity index (χ2n) is 5.23.